The van der Waals surface area contributed by atoms with Crippen LogP contribution in [0.4, 0.5) is 0 Å². The van der Waals surface area contributed by atoms with E-state index in [0.717, 1.165) is 5.56 Å². The minimum absolute atomic E-state index is 0.0120. The van der Waals surface area contributed by atoms with Crippen molar-refractivity contribution in [1.82, 2.24) is 0 Å². The van der Waals surface area contributed by atoms with E-state index in [1.807, 2.05) is 30.3 Å². The molecule has 0 amide bonds. The van der Waals surface area contributed by atoms with Crippen LogP contribution in [0.3, 0.4) is 0 Å². The number of carbonyl (C=O) groups excluding carboxylic acids is 1. The number of ketones is 1. The van der Waals surface area contributed by atoms with E-state index in [1.54, 1.807) is 25.3 Å². The van der Waals surface area contributed by atoms with Gasteiger partial charge in [0.25, 0.3) is 0 Å². The second-order valence-electron chi connectivity index (χ2n) is 4.20. The lowest BCUT2D eigenvalue weighted by Gasteiger charge is -2.11. The Labute approximate surface area is 126 Å². The van der Waals surface area contributed by atoms with Crippen molar-refractivity contribution in [3.05, 3.63) is 59.7 Å². The summed E-state index contributed by atoms with van der Waals surface area (Å²) < 4.78 is 11.0. The van der Waals surface area contributed by atoms with Crippen molar-refractivity contribution in [1.29, 1.82) is 0 Å². The molecule has 20 heavy (non-hydrogen) atoms. The molecule has 0 aromatic heterocycles. The van der Waals surface area contributed by atoms with Crippen molar-refractivity contribution in [2.24, 2.45) is 0 Å². The summed E-state index contributed by atoms with van der Waals surface area (Å²) in [6.45, 7) is 0.461. The molecule has 4 heteroatoms. The number of benzene rings is 2. The highest BCUT2D eigenvalue weighted by Crippen LogP contribution is 2.29. The van der Waals surface area contributed by atoms with Gasteiger partial charge in [-0.25, -0.2) is 0 Å². The molecule has 0 spiro atoms. The van der Waals surface area contributed by atoms with Gasteiger partial charge in [0.15, 0.2) is 17.3 Å². The van der Waals surface area contributed by atoms with E-state index < -0.39 is 0 Å². The molecule has 3 nitrogen and oxygen atoms in total. The minimum atomic E-state index is 0.0120. The summed E-state index contributed by atoms with van der Waals surface area (Å²) in [5.74, 6) is 1.20. The summed E-state index contributed by atoms with van der Waals surface area (Å²) in [5, 5.41) is 0.292. The molecule has 0 bridgehead atoms. The van der Waals surface area contributed by atoms with Crippen LogP contribution in [0.15, 0.2) is 48.5 Å². The highest BCUT2D eigenvalue weighted by Gasteiger charge is 2.10. The van der Waals surface area contributed by atoms with E-state index in [-0.39, 0.29) is 5.78 Å². The van der Waals surface area contributed by atoms with Crippen LogP contribution in [0.25, 0.3) is 0 Å². The van der Waals surface area contributed by atoms with Crippen LogP contribution in [0, 0.1) is 0 Å². The Hall–Kier alpha value is -1.81. The van der Waals surface area contributed by atoms with Crippen LogP contribution in [-0.4, -0.2) is 18.2 Å². The first-order chi connectivity index (χ1) is 9.74. The molecule has 0 aliphatic carbocycles. The Balaban J connectivity index is 2.13. The number of rotatable bonds is 6. The summed E-state index contributed by atoms with van der Waals surface area (Å²) in [6.07, 6.45) is 0. The van der Waals surface area contributed by atoms with Crippen LogP contribution >= 0.6 is 15.9 Å². The third-order valence-corrected chi connectivity index (χ3v) is 3.35. The molecule has 0 aliphatic heterocycles. The molecule has 0 heterocycles. The molecular weight excluding hydrogens is 320 g/mol. The third kappa shape index (κ3) is 3.61. The van der Waals surface area contributed by atoms with Gasteiger partial charge < -0.3 is 9.47 Å². The molecule has 104 valence electrons. The summed E-state index contributed by atoms with van der Waals surface area (Å²) in [6, 6.07) is 15.1. The third-order valence-electron chi connectivity index (χ3n) is 2.84. The number of hydrogen-bond donors (Lipinski definition) is 0. The maximum atomic E-state index is 11.6. The van der Waals surface area contributed by atoms with Crippen molar-refractivity contribution >= 4 is 21.7 Å². The molecule has 2 aromatic carbocycles. The topological polar surface area (TPSA) is 35.5 Å². The fraction of sp³-hybridized carbons (Fsp3) is 0.188. The molecule has 0 radical (unpaired) electrons. The van der Waals surface area contributed by atoms with E-state index in [2.05, 4.69) is 15.9 Å². The number of alkyl halides is 1. The monoisotopic (exact) mass is 334 g/mol. The first-order valence-corrected chi connectivity index (χ1v) is 7.30. The fourth-order valence-electron chi connectivity index (χ4n) is 1.77. The SMILES string of the molecule is COc1cc(C(=O)CBr)ccc1OCc1ccccc1. The molecule has 0 N–H and O–H groups in total. The molecule has 2 rings (SSSR count). The zero-order chi connectivity index (χ0) is 14.4. The van der Waals surface area contributed by atoms with Crippen molar-refractivity contribution in [2.45, 2.75) is 6.61 Å². The highest BCUT2D eigenvalue weighted by molar-refractivity contribution is 9.09. The standard InChI is InChI=1S/C16H15BrO3/c1-19-16-9-13(14(18)10-17)7-8-15(16)20-11-12-5-3-2-4-6-12/h2-9H,10-11H2,1H3. The molecule has 0 unspecified atom stereocenters. The normalized spacial score (nSPS) is 10.1. The number of hydrogen-bond acceptors (Lipinski definition) is 3. The summed E-state index contributed by atoms with van der Waals surface area (Å²) >= 11 is 3.16. The van der Waals surface area contributed by atoms with Crippen molar-refractivity contribution in [3.63, 3.8) is 0 Å². The van der Waals surface area contributed by atoms with Crippen molar-refractivity contribution < 1.29 is 14.3 Å². The molecule has 0 saturated carbocycles. The minimum Gasteiger partial charge on any atom is -0.493 e. The molecular formula is C16H15BrO3. The average Bonchev–Trinajstić information content (AvgIpc) is 2.53. The Morgan fingerprint density at radius 3 is 2.50 bits per heavy atom. The maximum Gasteiger partial charge on any atom is 0.173 e. The number of ether oxygens (including phenoxy) is 2. The Kier molecular flexibility index (Phi) is 5.18. The van der Waals surface area contributed by atoms with Gasteiger partial charge >= 0.3 is 0 Å². The molecule has 0 saturated heterocycles. The van der Waals surface area contributed by atoms with Gasteiger partial charge in [0.05, 0.1) is 12.4 Å². The van der Waals surface area contributed by atoms with Gasteiger partial charge in [0.1, 0.15) is 6.61 Å². The van der Waals surface area contributed by atoms with E-state index in [4.69, 9.17) is 9.47 Å². The van der Waals surface area contributed by atoms with Gasteiger partial charge in [-0.1, -0.05) is 46.3 Å². The zero-order valence-corrected chi connectivity index (χ0v) is 12.7. The Morgan fingerprint density at radius 1 is 1.10 bits per heavy atom. The smallest absolute Gasteiger partial charge is 0.173 e. The molecule has 0 fully saturated rings. The zero-order valence-electron chi connectivity index (χ0n) is 11.1. The summed E-state index contributed by atoms with van der Waals surface area (Å²) in [4.78, 5) is 11.6. The van der Waals surface area contributed by atoms with Crippen LogP contribution in [0.5, 0.6) is 11.5 Å². The number of methoxy groups -OCH3 is 1. The summed E-state index contributed by atoms with van der Waals surface area (Å²) in [5.41, 5.74) is 1.68. The number of halogens is 1. The predicted octanol–water partition coefficient (Wildman–Crippen LogP) is 3.85. The predicted molar refractivity (Wildman–Crippen MR) is 81.9 cm³/mol. The lowest BCUT2D eigenvalue weighted by atomic mass is 10.1. The van der Waals surface area contributed by atoms with Crippen LogP contribution in [0.1, 0.15) is 15.9 Å². The lowest BCUT2D eigenvalue weighted by molar-refractivity contribution is 0.102. The van der Waals surface area contributed by atoms with Crippen LogP contribution < -0.4 is 9.47 Å². The first kappa shape index (κ1) is 14.6. The van der Waals surface area contributed by atoms with Gasteiger partial charge in [-0.05, 0) is 23.8 Å². The van der Waals surface area contributed by atoms with Crippen molar-refractivity contribution in [3.8, 4) is 11.5 Å². The van der Waals surface area contributed by atoms with Crippen LogP contribution in [0.2, 0.25) is 0 Å². The van der Waals surface area contributed by atoms with E-state index in [0.29, 0.717) is 29.0 Å². The van der Waals surface area contributed by atoms with Crippen LogP contribution in [-0.2, 0) is 6.61 Å². The fourth-order valence-corrected chi connectivity index (χ4v) is 2.10. The van der Waals surface area contributed by atoms with Gasteiger partial charge in [0, 0.05) is 5.56 Å². The number of carbonyl (C=O) groups is 1. The number of Topliss-reactive ketones (excluding diaryl/α,β-unsaturated/α-hetero) is 1. The highest BCUT2D eigenvalue weighted by atomic mass is 79.9. The molecule has 2 aromatic rings. The second-order valence-corrected chi connectivity index (χ2v) is 4.76. The quantitative estimate of drug-likeness (QED) is 0.594. The summed E-state index contributed by atoms with van der Waals surface area (Å²) in [7, 11) is 1.56. The van der Waals surface area contributed by atoms with Gasteiger partial charge in [-0.15, -0.1) is 0 Å². The van der Waals surface area contributed by atoms with Gasteiger partial charge in [0.2, 0.25) is 0 Å². The first-order valence-electron chi connectivity index (χ1n) is 6.18. The van der Waals surface area contributed by atoms with E-state index >= 15 is 0 Å². The van der Waals surface area contributed by atoms with E-state index in [1.165, 1.54) is 0 Å². The average molecular weight is 335 g/mol. The largest absolute Gasteiger partial charge is 0.493 e. The van der Waals surface area contributed by atoms with Crippen molar-refractivity contribution in [2.75, 3.05) is 12.4 Å². The van der Waals surface area contributed by atoms with Gasteiger partial charge in [-0.2, -0.15) is 0 Å². The molecule has 0 atom stereocenters. The van der Waals surface area contributed by atoms with Gasteiger partial charge in [-0.3, -0.25) is 4.79 Å². The Morgan fingerprint density at radius 2 is 1.85 bits per heavy atom. The lowest BCUT2D eigenvalue weighted by Crippen LogP contribution is -2.02. The molecule has 0 aliphatic rings. The second kappa shape index (κ2) is 7.10. The van der Waals surface area contributed by atoms with E-state index in [9.17, 15) is 4.79 Å². The maximum absolute atomic E-state index is 11.6. The Bertz CT molecular complexity index is 582.